The molecule has 1 atom stereocenters. The maximum atomic E-state index is 12.5. The first kappa shape index (κ1) is 20.9. The molecule has 0 aliphatic carbocycles. The lowest BCUT2D eigenvalue weighted by atomic mass is 10.1. The maximum Gasteiger partial charge on any atom is 0.412 e. The van der Waals surface area contributed by atoms with Crippen LogP contribution in [0.3, 0.4) is 0 Å². The summed E-state index contributed by atoms with van der Waals surface area (Å²) in [6.45, 7) is 7.07. The molecule has 164 valence electrons. The van der Waals surface area contributed by atoms with Crippen molar-refractivity contribution in [3.05, 3.63) is 40.6 Å². The first-order valence-corrected chi connectivity index (χ1v) is 10.4. The molecule has 3 aromatic rings. The van der Waals surface area contributed by atoms with Crippen LogP contribution < -0.4 is 21.5 Å². The van der Waals surface area contributed by atoms with E-state index in [9.17, 15) is 14.7 Å². The van der Waals surface area contributed by atoms with E-state index in [1.165, 1.54) is 11.2 Å². The zero-order valence-electron chi connectivity index (χ0n) is 17.9. The van der Waals surface area contributed by atoms with Crippen LogP contribution in [0.5, 0.6) is 0 Å². The summed E-state index contributed by atoms with van der Waals surface area (Å²) in [6.07, 6.45) is 3.69. The third-order valence-electron chi connectivity index (χ3n) is 5.74. The van der Waals surface area contributed by atoms with Gasteiger partial charge < -0.3 is 20.7 Å². The van der Waals surface area contributed by atoms with Gasteiger partial charge in [-0.3, -0.25) is 9.69 Å². The van der Waals surface area contributed by atoms with E-state index in [1.54, 1.807) is 34.3 Å². The van der Waals surface area contributed by atoms with Gasteiger partial charge in [-0.15, -0.1) is 0 Å². The Balaban J connectivity index is 1.96. The molecular weight excluding hydrogens is 398 g/mol. The molecule has 4 rings (SSSR count). The minimum absolute atomic E-state index is 0.0274. The Bertz CT molecular complexity index is 1190. The van der Waals surface area contributed by atoms with Gasteiger partial charge in [0, 0.05) is 29.9 Å². The van der Waals surface area contributed by atoms with Gasteiger partial charge in [-0.1, -0.05) is 0 Å². The zero-order chi connectivity index (χ0) is 22.3. The van der Waals surface area contributed by atoms with Crippen LogP contribution in [0.4, 0.5) is 16.3 Å². The molecule has 1 aliphatic heterocycles. The van der Waals surface area contributed by atoms with Gasteiger partial charge >= 0.3 is 6.09 Å². The number of pyridine rings is 1. The summed E-state index contributed by atoms with van der Waals surface area (Å²) in [4.78, 5) is 30.3. The molecule has 0 bridgehead atoms. The molecule has 0 saturated carbocycles. The number of amides is 1. The van der Waals surface area contributed by atoms with Crippen molar-refractivity contribution in [2.45, 2.75) is 45.7 Å². The van der Waals surface area contributed by atoms with Crippen LogP contribution in [0.1, 0.15) is 38.3 Å². The number of anilines is 2. The van der Waals surface area contributed by atoms with Crippen LogP contribution in [0.2, 0.25) is 0 Å². The zero-order valence-corrected chi connectivity index (χ0v) is 17.9. The number of hydrogen-bond acceptors (Lipinski definition) is 6. The quantitative estimate of drug-likeness (QED) is 0.584. The highest BCUT2D eigenvalue weighted by molar-refractivity contribution is 5.98. The Morgan fingerprint density at radius 1 is 1.39 bits per heavy atom. The first-order chi connectivity index (χ1) is 14.8. The van der Waals surface area contributed by atoms with E-state index < -0.39 is 6.09 Å². The van der Waals surface area contributed by atoms with Crippen molar-refractivity contribution >= 4 is 23.1 Å². The molecule has 3 aromatic heterocycles. The highest BCUT2D eigenvalue weighted by Crippen LogP contribution is 2.35. The number of fused-ring (bicyclic) bond motifs is 1. The molecule has 1 fully saturated rings. The molecular formula is C21H27N7O3. The fraction of sp³-hybridized carbons (Fsp3) is 0.429. The summed E-state index contributed by atoms with van der Waals surface area (Å²) in [5, 5.41) is 17.7. The van der Waals surface area contributed by atoms with Gasteiger partial charge in [0.15, 0.2) is 5.82 Å². The van der Waals surface area contributed by atoms with Gasteiger partial charge in [0.2, 0.25) is 0 Å². The van der Waals surface area contributed by atoms with Crippen LogP contribution in [0, 0.1) is 6.92 Å². The summed E-state index contributed by atoms with van der Waals surface area (Å²) < 4.78 is 3.27. The predicted octanol–water partition coefficient (Wildman–Crippen LogP) is 2.27. The molecule has 1 unspecified atom stereocenters. The molecule has 1 amide bonds. The van der Waals surface area contributed by atoms with Gasteiger partial charge in [0.1, 0.15) is 11.8 Å². The van der Waals surface area contributed by atoms with Gasteiger partial charge in [0.05, 0.1) is 17.4 Å². The van der Waals surface area contributed by atoms with Crippen LogP contribution in [0.15, 0.2) is 29.5 Å². The lowest BCUT2D eigenvalue weighted by molar-refractivity contribution is 0.197. The third-order valence-corrected chi connectivity index (χ3v) is 5.74. The number of hydrogen-bond donors (Lipinski definition) is 3. The second-order valence-corrected chi connectivity index (χ2v) is 8.19. The molecule has 10 heteroatoms. The number of aromatic nitrogens is 4. The van der Waals surface area contributed by atoms with Crippen molar-refractivity contribution in [1.82, 2.24) is 24.5 Å². The van der Waals surface area contributed by atoms with Gasteiger partial charge in [-0.25, -0.2) is 14.3 Å². The van der Waals surface area contributed by atoms with E-state index in [4.69, 9.17) is 5.73 Å². The molecule has 10 nitrogen and oxygen atoms in total. The van der Waals surface area contributed by atoms with E-state index in [1.807, 2.05) is 13.8 Å². The minimum Gasteiger partial charge on any atom is -0.465 e. The second kappa shape index (κ2) is 8.03. The monoisotopic (exact) mass is 425 g/mol. The van der Waals surface area contributed by atoms with Gasteiger partial charge in [-0.2, -0.15) is 5.10 Å². The van der Waals surface area contributed by atoms with E-state index in [0.29, 0.717) is 29.0 Å². The lowest BCUT2D eigenvalue weighted by Crippen LogP contribution is -2.48. The maximum absolute atomic E-state index is 12.5. The van der Waals surface area contributed by atoms with Crippen molar-refractivity contribution < 1.29 is 9.90 Å². The third kappa shape index (κ3) is 3.63. The smallest absolute Gasteiger partial charge is 0.412 e. The summed E-state index contributed by atoms with van der Waals surface area (Å²) in [7, 11) is 0. The fourth-order valence-corrected chi connectivity index (χ4v) is 4.22. The number of rotatable bonds is 4. The largest absolute Gasteiger partial charge is 0.465 e. The number of aryl methyl sites for hydroxylation is 1. The normalized spacial score (nSPS) is 16.7. The Morgan fingerprint density at radius 2 is 2.16 bits per heavy atom. The molecule has 0 spiro atoms. The Hall–Kier alpha value is -3.40. The minimum atomic E-state index is -1.06. The van der Waals surface area contributed by atoms with Crippen LogP contribution in [-0.2, 0) is 0 Å². The Labute approximate surface area is 179 Å². The average molecular weight is 425 g/mol. The number of nitrogens with two attached hydrogens (primary N) is 1. The molecule has 1 aliphatic rings. The van der Waals surface area contributed by atoms with Crippen LogP contribution in [-0.4, -0.2) is 49.5 Å². The highest BCUT2D eigenvalue weighted by Gasteiger charge is 2.31. The average Bonchev–Trinajstić information content (AvgIpc) is 3.11. The number of piperidine rings is 1. The molecule has 1 saturated heterocycles. The number of carboxylic acid groups (broad SMARTS) is 1. The molecule has 31 heavy (non-hydrogen) atoms. The summed E-state index contributed by atoms with van der Waals surface area (Å²) in [6, 6.07) is 3.31. The SMILES string of the molecule is Cc1cc(-c2cc(N(C(=O)O)C3CCCNC3)c3c(N)ncnn23)cn(C(C)C)c1=O. The predicted molar refractivity (Wildman–Crippen MR) is 119 cm³/mol. The Kier molecular flexibility index (Phi) is 5.40. The van der Waals surface area contributed by atoms with E-state index in [0.717, 1.165) is 24.9 Å². The lowest BCUT2D eigenvalue weighted by Gasteiger charge is -2.32. The molecule has 4 heterocycles. The first-order valence-electron chi connectivity index (χ1n) is 10.4. The molecule has 0 aromatic carbocycles. The van der Waals surface area contributed by atoms with Gasteiger partial charge in [0.25, 0.3) is 5.56 Å². The van der Waals surface area contributed by atoms with Crippen molar-refractivity contribution in [2.75, 3.05) is 23.7 Å². The number of nitrogen functional groups attached to an aromatic ring is 1. The second-order valence-electron chi connectivity index (χ2n) is 8.19. The standard InChI is InChI=1S/C21H27N7O3/c1-12(2)26-10-14(7-13(3)20(26)29)16-8-17(18-19(22)24-11-25-28(16)18)27(21(30)31)15-5-4-6-23-9-15/h7-8,10-12,15,23H,4-6,9H2,1-3H3,(H,30,31)(H2,22,24,25). The van der Waals surface area contributed by atoms with Crippen molar-refractivity contribution in [1.29, 1.82) is 0 Å². The highest BCUT2D eigenvalue weighted by atomic mass is 16.4. The van der Waals surface area contributed by atoms with Crippen molar-refractivity contribution in [3.63, 3.8) is 0 Å². The van der Waals surface area contributed by atoms with Gasteiger partial charge in [-0.05, 0) is 52.3 Å². The van der Waals surface area contributed by atoms with Crippen molar-refractivity contribution in [2.24, 2.45) is 0 Å². The number of nitrogens with one attached hydrogen (secondary N) is 1. The topological polar surface area (TPSA) is 131 Å². The van der Waals surface area contributed by atoms with E-state index >= 15 is 0 Å². The molecule has 4 N–H and O–H groups in total. The molecule has 0 radical (unpaired) electrons. The Morgan fingerprint density at radius 3 is 2.81 bits per heavy atom. The number of nitrogens with zero attached hydrogens (tertiary/aromatic N) is 5. The summed E-state index contributed by atoms with van der Waals surface area (Å²) >= 11 is 0. The van der Waals surface area contributed by atoms with E-state index in [-0.39, 0.29) is 23.5 Å². The summed E-state index contributed by atoms with van der Waals surface area (Å²) in [5.74, 6) is 0.195. The van der Waals surface area contributed by atoms with Crippen LogP contribution in [0.25, 0.3) is 16.8 Å². The number of carbonyl (C=O) groups is 1. The van der Waals surface area contributed by atoms with Crippen LogP contribution >= 0.6 is 0 Å². The summed E-state index contributed by atoms with van der Waals surface area (Å²) in [5.41, 5.74) is 8.99. The fourth-order valence-electron chi connectivity index (χ4n) is 4.22. The van der Waals surface area contributed by atoms with Crippen molar-refractivity contribution in [3.8, 4) is 11.3 Å². The van der Waals surface area contributed by atoms with E-state index in [2.05, 4.69) is 15.4 Å².